The third kappa shape index (κ3) is 4.18. The summed E-state index contributed by atoms with van der Waals surface area (Å²) in [5, 5.41) is 13.5. The van der Waals surface area contributed by atoms with Crippen molar-refractivity contribution in [2.24, 2.45) is 5.92 Å². The van der Waals surface area contributed by atoms with Crippen molar-refractivity contribution in [3.8, 4) is 0 Å². The first-order chi connectivity index (χ1) is 11.0. The number of benzene rings is 1. The van der Waals surface area contributed by atoms with Gasteiger partial charge in [0, 0.05) is 26.2 Å². The Morgan fingerprint density at radius 2 is 2.00 bits per heavy atom. The summed E-state index contributed by atoms with van der Waals surface area (Å²) in [6, 6.07) is 6.57. The highest BCUT2D eigenvalue weighted by atomic mass is 16.6. The van der Waals surface area contributed by atoms with Crippen LogP contribution in [-0.4, -0.2) is 43.5 Å². The van der Waals surface area contributed by atoms with Gasteiger partial charge in [0.15, 0.2) is 6.61 Å². The smallest absolute Gasteiger partial charge is 0.309 e. The largest absolute Gasteiger partial charge is 0.455 e. The maximum atomic E-state index is 11.9. The van der Waals surface area contributed by atoms with Gasteiger partial charge in [-0.1, -0.05) is 12.1 Å². The molecule has 124 valence electrons. The van der Waals surface area contributed by atoms with E-state index >= 15 is 0 Å². The first-order valence-electron chi connectivity index (χ1n) is 7.38. The zero-order chi connectivity index (χ0) is 16.8. The van der Waals surface area contributed by atoms with Crippen LogP contribution in [0.15, 0.2) is 24.3 Å². The predicted molar refractivity (Wildman–Crippen MR) is 83.1 cm³/mol. The van der Waals surface area contributed by atoms with Crippen molar-refractivity contribution in [1.82, 2.24) is 5.32 Å². The fourth-order valence-corrected chi connectivity index (χ4v) is 2.57. The summed E-state index contributed by atoms with van der Waals surface area (Å²) in [7, 11) is 1.47. The third-order valence-electron chi connectivity index (χ3n) is 3.87. The van der Waals surface area contributed by atoms with Crippen molar-refractivity contribution in [1.29, 1.82) is 0 Å². The number of anilines is 1. The number of hydrogen-bond acceptors (Lipinski definition) is 6. The van der Waals surface area contributed by atoms with Crippen molar-refractivity contribution >= 4 is 23.3 Å². The zero-order valence-corrected chi connectivity index (χ0v) is 12.9. The molecule has 0 bridgehead atoms. The van der Waals surface area contributed by atoms with Crippen molar-refractivity contribution in [2.45, 2.75) is 12.8 Å². The number of nitrogens with zero attached hydrogens (tertiary/aromatic N) is 2. The van der Waals surface area contributed by atoms with E-state index in [0.717, 1.165) is 0 Å². The molecule has 0 spiro atoms. The molecule has 1 saturated heterocycles. The molecule has 1 fully saturated rings. The number of rotatable bonds is 5. The summed E-state index contributed by atoms with van der Waals surface area (Å²) in [5.74, 6) is -1.02. The standard InChI is InChI=1S/C15H19N3O5/c1-16-14(19)10-23-15(20)11-6-8-17(9-7-11)12-4-2-3-5-13(12)18(21)22/h2-5,11H,6-10H2,1H3,(H,16,19). The maximum Gasteiger partial charge on any atom is 0.309 e. The van der Waals surface area contributed by atoms with Gasteiger partial charge in [-0.15, -0.1) is 0 Å². The van der Waals surface area contributed by atoms with E-state index in [4.69, 9.17) is 4.74 Å². The van der Waals surface area contributed by atoms with E-state index in [1.165, 1.54) is 13.1 Å². The molecule has 0 aromatic heterocycles. The fraction of sp³-hybridized carbons (Fsp3) is 0.467. The van der Waals surface area contributed by atoms with Gasteiger partial charge in [0.2, 0.25) is 0 Å². The normalized spacial score (nSPS) is 15.1. The molecule has 0 radical (unpaired) electrons. The summed E-state index contributed by atoms with van der Waals surface area (Å²) in [4.78, 5) is 35.6. The van der Waals surface area contributed by atoms with Crippen LogP contribution in [0, 0.1) is 16.0 Å². The van der Waals surface area contributed by atoms with Gasteiger partial charge in [-0.3, -0.25) is 19.7 Å². The Morgan fingerprint density at radius 3 is 2.61 bits per heavy atom. The summed E-state index contributed by atoms with van der Waals surface area (Å²) in [5.41, 5.74) is 0.628. The Balaban J connectivity index is 1.93. The van der Waals surface area contributed by atoms with Crippen LogP contribution < -0.4 is 10.2 Å². The Kier molecular flexibility index (Phi) is 5.51. The number of esters is 1. The predicted octanol–water partition coefficient (Wildman–Crippen LogP) is 1.10. The molecule has 1 amide bonds. The van der Waals surface area contributed by atoms with E-state index in [9.17, 15) is 19.7 Å². The fourth-order valence-electron chi connectivity index (χ4n) is 2.57. The summed E-state index contributed by atoms with van der Waals surface area (Å²) >= 11 is 0. The second kappa shape index (κ2) is 7.57. The molecule has 1 aliphatic heterocycles. The van der Waals surface area contributed by atoms with Crippen molar-refractivity contribution in [2.75, 3.05) is 31.6 Å². The summed E-state index contributed by atoms with van der Waals surface area (Å²) in [6.45, 7) is 0.787. The lowest BCUT2D eigenvalue weighted by Gasteiger charge is -2.32. The van der Waals surface area contributed by atoms with Gasteiger partial charge in [-0.2, -0.15) is 0 Å². The molecule has 0 unspecified atom stereocenters. The van der Waals surface area contributed by atoms with Crippen LogP contribution >= 0.6 is 0 Å². The van der Waals surface area contributed by atoms with E-state index in [2.05, 4.69) is 5.32 Å². The average Bonchev–Trinajstić information content (AvgIpc) is 2.59. The Morgan fingerprint density at radius 1 is 1.35 bits per heavy atom. The lowest BCUT2D eigenvalue weighted by molar-refractivity contribution is -0.384. The van der Waals surface area contributed by atoms with Crippen LogP contribution in [0.2, 0.25) is 0 Å². The third-order valence-corrected chi connectivity index (χ3v) is 3.87. The van der Waals surface area contributed by atoms with Crippen LogP contribution in [0.1, 0.15) is 12.8 Å². The minimum absolute atomic E-state index is 0.0631. The van der Waals surface area contributed by atoms with Gasteiger partial charge in [0.25, 0.3) is 11.6 Å². The number of para-hydroxylation sites is 2. The molecule has 2 rings (SSSR count). The molecule has 1 aromatic rings. The Labute approximate surface area is 133 Å². The van der Waals surface area contributed by atoms with Gasteiger partial charge in [-0.05, 0) is 18.9 Å². The van der Waals surface area contributed by atoms with Crippen LogP contribution in [0.25, 0.3) is 0 Å². The molecule has 0 atom stereocenters. The number of ether oxygens (including phenoxy) is 1. The number of likely N-dealkylation sites (N-methyl/N-ethyl adjacent to an activating group) is 1. The minimum Gasteiger partial charge on any atom is -0.455 e. The molecule has 1 heterocycles. The summed E-state index contributed by atoms with van der Waals surface area (Å²) in [6.07, 6.45) is 1.08. The Bertz CT molecular complexity index is 597. The molecule has 1 aliphatic rings. The molecular weight excluding hydrogens is 302 g/mol. The topological polar surface area (TPSA) is 102 Å². The average molecular weight is 321 g/mol. The van der Waals surface area contributed by atoms with Crippen molar-refractivity contribution < 1.29 is 19.2 Å². The molecule has 1 N–H and O–H groups in total. The van der Waals surface area contributed by atoms with E-state index in [1.807, 2.05) is 4.90 Å². The quantitative estimate of drug-likeness (QED) is 0.495. The van der Waals surface area contributed by atoms with E-state index in [-0.39, 0.29) is 24.1 Å². The molecule has 0 saturated carbocycles. The number of nitrogens with one attached hydrogen (secondary N) is 1. The van der Waals surface area contributed by atoms with E-state index in [1.54, 1.807) is 18.2 Å². The second-order valence-electron chi connectivity index (χ2n) is 5.29. The lowest BCUT2D eigenvalue weighted by Crippen LogP contribution is -2.38. The number of piperidine rings is 1. The first kappa shape index (κ1) is 16.7. The highest BCUT2D eigenvalue weighted by Crippen LogP contribution is 2.31. The lowest BCUT2D eigenvalue weighted by atomic mass is 9.96. The highest BCUT2D eigenvalue weighted by molar-refractivity contribution is 5.81. The van der Waals surface area contributed by atoms with Crippen LogP contribution in [0.4, 0.5) is 11.4 Å². The van der Waals surface area contributed by atoms with E-state index < -0.39 is 10.9 Å². The number of carbonyl (C=O) groups is 2. The molecule has 8 heteroatoms. The van der Waals surface area contributed by atoms with Gasteiger partial charge >= 0.3 is 5.97 Å². The van der Waals surface area contributed by atoms with E-state index in [0.29, 0.717) is 31.6 Å². The molecule has 23 heavy (non-hydrogen) atoms. The SMILES string of the molecule is CNC(=O)COC(=O)C1CCN(c2ccccc2[N+](=O)[O-])CC1. The zero-order valence-electron chi connectivity index (χ0n) is 12.9. The number of carbonyl (C=O) groups excluding carboxylic acids is 2. The number of nitro benzene ring substituents is 1. The summed E-state index contributed by atoms with van der Waals surface area (Å²) < 4.78 is 4.96. The van der Waals surface area contributed by atoms with Crippen LogP contribution in [-0.2, 0) is 14.3 Å². The van der Waals surface area contributed by atoms with Gasteiger partial charge in [0.1, 0.15) is 5.69 Å². The number of amides is 1. The maximum absolute atomic E-state index is 11.9. The highest BCUT2D eigenvalue weighted by Gasteiger charge is 2.29. The number of hydrogen-bond donors (Lipinski definition) is 1. The molecular formula is C15H19N3O5. The Hall–Kier alpha value is -2.64. The van der Waals surface area contributed by atoms with Gasteiger partial charge in [-0.25, -0.2) is 0 Å². The molecule has 1 aromatic carbocycles. The van der Waals surface area contributed by atoms with Gasteiger partial charge in [0.05, 0.1) is 10.8 Å². The molecule has 8 nitrogen and oxygen atoms in total. The van der Waals surface area contributed by atoms with Crippen molar-refractivity contribution in [3.05, 3.63) is 34.4 Å². The second-order valence-corrected chi connectivity index (χ2v) is 5.29. The number of nitro groups is 1. The monoisotopic (exact) mass is 321 g/mol. The first-order valence-corrected chi connectivity index (χ1v) is 7.38. The van der Waals surface area contributed by atoms with Crippen molar-refractivity contribution in [3.63, 3.8) is 0 Å². The minimum atomic E-state index is -0.404. The van der Waals surface area contributed by atoms with Crippen LogP contribution in [0.3, 0.4) is 0 Å². The molecule has 0 aliphatic carbocycles. The van der Waals surface area contributed by atoms with Gasteiger partial charge < -0.3 is 15.0 Å². The van der Waals surface area contributed by atoms with Crippen LogP contribution in [0.5, 0.6) is 0 Å².